The van der Waals surface area contributed by atoms with Crippen molar-refractivity contribution in [3.8, 4) is 0 Å². The lowest BCUT2D eigenvalue weighted by molar-refractivity contribution is -0.0875. The van der Waals surface area contributed by atoms with Gasteiger partial charge in [-0.05, 0) is 15.9 Å². The lowest BCUT2D eigenvalue weighted by Gasteiger charge is -2.33. The van der Waals surface area contributed by atoms with E-state index in [1.165, 1.54) is 11.3 Å². The average molecular weight is 254 g/mol. The highest BCUT2D eigenvalue weighted by Crippen LogP contribution is 2.48. The van der Waals surface area contributed by atoms with Gasteiger partial charge >= 0.3 is 0 Å². The Labute approximate surface area is 80.9 Å². The molecule has 0 amide bonds. The van der Waals surface area contributed by atoms with Crippen molar-refractivity contribution < 1.29 is 8.78 Å². The molecular weight excluding hydrogens is 248 g/mol. The number of halogens is 3. The summed E-state index contributed by atoms with van der Waals surface area (Å²) in [5.41, 5.74) is 0.804. The Kier molecular flexibility index (Phi) is 1.95. The minimum absolute atomic E-state index is 0.0254. The molecule has 0 bridgehead atoms. The van der Waals surface area contributed by atoms with Gasteiger partial charge in [-0.25, -0.2) is 13.8 Å². The Morgan fingerprint density at radius 1 is 1.58 bits per heavy atom. The van der Waals surface area contributed by atoms with Crippen LogP contribution in [0.2, 0.25) is 0 Å². The standard InChI is InChI=1S/C7H6BrF2NS/c8-6-11-5(3-12-6)4-1-7(9,10)2-4/h3-4H,1-2H2. The van der Waals surface area contributed by atoms with Crippen LogP contribution in [-0.4, -0.2) is 10.9 Å². The summed E-state index contributed by atoms with van der Waals surface area (Å²) in [6.45, 7) is 0. The van der Waals surface area contributed by atoms with Crippen molar-refractivity contribution in [1.82, 2.24) is 4.98 Å². The molecule has 5 heteroatoms. The number of rotatable bonds is 1. The molecule has 1 saturated carbocycles. The van der Waals surface area contributed by atoms with Crippen molar-refractivity contribution in [3.63, 3.8) is 0 Å². The quantitative estimate of drug-likeness (QED) is 0.748. The predicted octanol–water partition coefficient (Wildman–Crippen LogP) is 3.42. The van der Waals surface area contributed by atoms with E-state index < -0.39 is 5.92 Å². The average Bonchev–Trinajstić information content (AvgIpc) is 2.30. The summed E-state index contributed by atoms with van der Waals surface area (Å²) < 4.78 is 25.7. The Balaban J connectivity index is 2.06. The third-order valence-electron chi connectivity index (χ3n) is 2.00. The zero-order valence-corrected chi connectivity index (χ0v) is 8.46. The van der Waals surface area contributed by atoms with E-state index in [9.17, 15) is 8.78 Å². The molecule has 0 aliphatic heterocycles. The molecule has 0 saturated heterocycles. The van der Waals surface area contributed by atoms with Gasteiger partial charge in [-0.2, -0.15) is 0 Å². The molecule has 2 rings (SSSR count). The van der Waals surface area contributed by atoms with Gasteiger partial charge < -0.3 is 0 Å². The molecule has 1 fully saturated rings. The third-order valence-corrected chi connectivity index (χ3v) is 3.39. The van der Waals surface area contributed by atoms with Crippen LogP contribution in [0.5, 0.6) is 0 Å². The van der Waals surface area contributed by atoms with Gasteiger partial charge in [0, 0.05) is 24.1 Å². The maximum atomic E-state index is 12.4. The maximum Gasteiger partial charge on any atom is 0.249 e. The predicted molar refractivity (Wildman–Crippen MR) is 46.7 cm³/mol. The number of alkyl halides is 2. The van der Waals surface area contributed by atoms with Gasteiger partial charge in [-0.1, -0.05) is 0 Å². The van der Waals surface area contributed by atoms with Crippen LogP contribution in [0.1, 0.15) is 24.5 Å². The first-order chi connectivity index (χ1) is 5.57. The summed E-state index contributed by atoms with van der Waals surface area (Å²) in [4.78, 5) is 4.10. The first kappa shape index (κ1) is 8.56. The summed E-state index contributed by atoms with van der Waals surface area (Å²) in [7, 11) is 0. The van der Waals surface area contributed by atoms with Crippen molar-refractivity contribution in [1.29, 1.82) is 0 Å². The highest BCUT2D eigenvalue weighted by atomic mass is 79.9. The van der Waals surface area contributed by atoms with E-state index in [1.807, 2.05) is 5.38 Å². The second kappa shape index (κ2) is 2.73. The minimum Gasteiger partial charge on any atom is -0.234 e. The van der Waals surface area contributed by atoms with Crippen LogP contribution in [0.4, 0.5) is 8.78 Å². The van der Waals surface area contributed by atoms with Gasteiger partial charge in [-0.15, -0.1) is 11.3 Å². The molecule has 0 spiro atoms. The van der Waals surface area contributed by atoms with E-state index in [2.05, 4.69) is 20.9 Å². The van der Waals surface area contributed by atoms with Crippen LogP contribution in [0.3, 0.4) is 0 Å². The zero-order valence-electron chi connectivity index (χ0n) is 6.06. The Morgan fingerprint density at radius 2 is 2.25 bits per heavy atom. The largest absolute Gasteiger partial charge is 0.249 e. The summed E-state index contributed by atoms with van der Waals surface area (Å²) >= 11 is 4.64. The van der Waals surface area contributed by atoms with Crippen molar-refractivity contribution >= 4 is 27.3 Å². The van der Waals surface area contributed by atoms with E-state index in [1.54, 1.807) is 0 Å². The van der Waals surface area contributed by atoms with Crippen molar-refractivity contribution in [2.45, 2.75) is 24.7 Å². The van der Waals surface area contributed by atoms with Crippen LogP contribution < -0.4 is 0 Å². The number of thiazole rings is 1. The zero-order chi connectivity index (χ0) is 8.77. The maximum absolute atomic E-state index is 12.4. The van der Waals surface area contributed by atoms with Crippen LogP contribution >= 0.6 is 27.3 Å². The Morgan fingerprint density at radius 3 is 2.67 bits per heavy atom. The van der Waals surface area contributed by atoms with Gasteiger partial charge in [-0.3, -0.25) is 0 Å². The fourth-order valence-corrected chi connectivity index (χ4v) is 2.43. The topological polar surface area (TPSA) is 12.9 Å². The van der Waals surface area contributed by atoms with Gasteiger partial charge in [0.2, 0.25) is 5.92 Å². The van der Waals surface area contributed by atoms with Crippen LogP contribution in [-0.2, 0) is 0 Å². The summed E-state index contributed by atoms with van der Waals surface area (Å²) in [5.74, 6) is -2.47. The minimum atomic E-state index is -2.44. The molecular formula is C7H6BrF2NS. The third kappa shape index (κ3) is 1.52. The summed E-state index contributed by atoms with van der Waals surface area (Å²) in [5, 5.41) is 1.84. The van der Waals surface area contributed by atoms with E-state index in [0.717, 1.165) is 9.61 Å². The van der Waals surface area contributed by atoms with E-state index in [4.69, 9.17) is 0 Å². The second-order valence-corrected chi connectivity index (χ2v) is 5.12. The van der Waals surface area contributed by atoms with Gasteiger partial charge in [0.15, 0.2) is 3.92 Å². The lowest BCUT2D eigenvalue weighted by Crippen LogP contribution is -2.33. The first-order valence-corrected chi connectivity index (χ1v) is 5.23. The molecule has 1 aliphatic rings. The fourth-order valence-electron chi connectivity index (χ4n) is 1.32. The number of aromatic nitrogens is 1. The normalized spacial score (nSPS) is 22.2. The molecule has 0 unspecified atom stereocenters. The van der Waals surface area contributed by atoms with E-state index in [0.29, 0.717) is 0 Å². The van der Waals surface area contributed by atoms with Crippen molar-refractivity contribution in [2.24, 2.45) is 0 Å². The van der Waals surface area contributed by atoms with Crippen LogP contribution in [0, 0.1) is 0 Å². The molecule has 0 radical (unpaired) electrons. The van der Waals surface area contributed by atoms with Gasteiger partial charge in [0.25, 0.3) is 0 Å². The molecule has 1 aromatic rings. The molecule has 1 nitrogen and oxygen atoms in total. The van der Waals surface area contributed by atoms with Gasteiger partial charge in [0.05, 0.1) is 5.69 Å². The number of hydrogen-bond donors (Lipinski definition) is 0. The first-order valence-electron chi connectivity index (χ1n) is 3.55. The van der Waals surface area contributed by atoms with E-state index >= 15 is 0 Å². The molecule has 1 aromatic heterocycles. The summed E-state index contributed by atoms with van der Waals surface area (Å²) in [6.07, 6.45) is -0.0770. The molecule has 0 N–H and O–H groups in total. The molecule has 0 aromatic carbocycles. The highest BCUT2D eigenvalue weighted by molar-refractivity contribution is 9.11. The summed E-state index contributed by atoms with van der Waals surface area (Å²) in [6, 6.07) is 0. The van der Waals surface area contributed by atoms with Crippen molar-refractivity contribution in [2.75, 3.05) is 0 Å². The SMILES string of the molecule is FC1(F)CC(c2csc(Br)n2)C1. The fraction of sp³-hybridized carbons (Fsp3) is 0.571. The number of hydrogen-bond acceptors (Lipinski definition) is 2. The Hall–Kier alpha value is -0.0300. The van der Waals surface area contributed by atoms with E-state index in [-0.39, 0.29) is 18.8 Å². The Bertz CT molecular complexity index is 291. The lowest BCUT2D eigenvalue weighted by atomic mass is 9.80. The molecule has 1 heterocycles. The van der Waals surface area contributed by atoms with Crippen molar-refractivity contribution in [3.05, 3.63) is 15.0 Å². The molecule has 12 heavy (non-hydrogen) atoms. The molecule has 1 aliphatic carbocycles. The van der Waals surface area contributed by atoms with Crippen LogP contribution in [0.15, 0.2) is 9.30 Å². The van der Waals surface area contributed by atoms with Gasteiger partial charge in [0.1, 0.15) is 0 Å². The second-order valence-electron chi connectivity index (χ2n) is 2.99. The smallest absolute Gasteiger partial charge is 0.234 e. The molecule has 0 atom stereocenters. The monoisotopic (exact) mass is 253 g/mol. The number of nitrogens with zero attached hydrogens (tertiary/aromatic N) is 1. The highest BCUT2D eigenvalue weighted by Gasteiger charge is 2.46. The molecule has 66 valence electrons. The van der Waals surface area contributed by atoms with Crippen LogP contribution in [0.25, 0.3) is 0 Å².